The Hall–Kier alpha value is -4.54. The minimum Gasteiger partial charge on any atom is -0.493 e. The van der Waals surface area contributed by atoms with Gasteiger partial charge in [-0.2, -0.15) is 0 Å². The summed E-state index contributed by atoms with van der Waals surface area (Å²) in [5.74, 6) is -0.295. The molecule has 5 atom stereocenters. The van der Waals surface area contributed by atoms with E-state index in [2.05, 4.69) is 34.1 Å². The minimum atomic E-state index is -0.590. The number of nitrogens with one attached hydrogen (secondary N) is 1. The predicted molar refractivity (Wildman–Crippen MR) is 201 cm³/mol. The van der Waals surface area contributed by atoms with Crippen molar-refractivity contribution in [2.75, 3.05) is 39.8 Å². The first-order chi connectivity index (χ1) is 25.1. The SMILES string of the molecule is COc1cc(C(=O)N2CC3CN(C(=O)Cc4c[nH]c5cc(Cl)ccc45)CC(C(N)=O)C3C2[C@@H]2CCCN(Cc3ccccc3)C2)ccc1OC(C)C. The van der Waals surface area contributed by atoms with Crippen molar-refractivity contribution >= 4 is 40.2 Å². The summed E-state index contributed by atoms with van der Waals surface area (Å²) in [5, 5.41) is 1.56. The first-order valence-corrected chi connectivity index (χ1v) is 18.7. The minimum absolute atomic E-state index is 0.0578. The first-order valence-electron chi connectivity index (χ1n) is 18.3. The van der Waals surface area contributed by atoms with Crippen LogP contribution in [-0.4, -0.2) is 89.4 Å². The number of piperidine rings is 2. The number of nitrogens with two attached hydrogens (primary N) is 1. The van der Waals surface area contributed by atoms with E-state index < -0.39 is 11.8 Å². The second-order valence-corrected chi connectivity index (χ2v) is 15.4. The Labute approximate surface area is 310 Å². The second kappa shape index (κ2) is 15.2. The molecule has 4 heterocycles. The molecule has 52 heavy (non-hydrogen) atoms. The topological polar surface area (TPSA) is 121 Å². The third kappa shape index (κ3) is 7.36. The molecule has 7 rings (SSSR count). The number of fused-ring (bicyclic) bond motifs is 2. The largest absolute Gasteiger partial charge is 0.493 e. The molecule has 3 saturated heterocycles. The van der Waals surface area contributed by atoms with Crippen molar-refractivity contribution in [3.63, 3.8) is 0 Å². The summed E-state index contributed by atoms with van der Waals surface area (Å²) in [6, 6.07) is 21.1. The standard InChI is InChI=1S/C41H48ClN5O5/c1-25(2)52-35-14-11-27(16-36(35)51-3)41(50)47-23-30-22-46(37(48)17-29-19-44-34-18-31(42)12-13-32(29)34)24-33(40(43)49)38(30)39(47)28-10-7-15-45(21-28)20-26-8-5-4-6-9-26/h4-6,8-9,11-14,16,18-19,25,28,30,33,38-39,44H,7,10,15,17,20-24H2,1-3H3,(H2,43,49)/t28-,30?,33?,38?,39?/m1/s1. The van der Waals surface area contributed by atoms with E-state index in [9.17, 15) is 14.4 Å². The van der Waals surface area contributed by atoms with Gasteiger partial charge in [0.05, 0.1) is 25.6 Å². The summed E-state index contributed by atoms with van der Waals surface area (Å²) < 4.78 is 11.6. The number of benzene rings is 3. The molecule has 10 nitrogen and oxygen atoms in total. The number of H-pyrrole nitrogens is 1. The van der Waals surface area contributed by atoms with Crippen LogP contribution in [0.4, 0.5) is 0 Å². The van der Waals surface area contributed by atoms with Crippen molar-refractivity contribution in [3.8, 4) is 11.5 Å². The van der Waals surface area contributed by atoms with Gasteiger partial charge in [0, 0.05) is 66.5 Å². The van der Waals surface area contributed by atoms with Gasteiger partial charge in [-0.3, -0.25) is 19.3 Å². The number of halogens is 1. The van der Waals surface area contributed by atoms with Gasteiger partial charge in [-0.25, -0.2) is 0 Å². The maximum atomic E-state index is 14.7. The highest BCUT2D eigenvalue weighted by Gasteiger charge is 2.55. The molecule has 11 heteroatoms. The van der Waals surface area contributed by atoms with E-state index in [0.717, 1.165) is 48.9 Å². The van der Waals surface area contributed by atoms with Gasteiger partial charge >= 0.3 is 0 Å². The molecule has 4 aromatic rings. The average Bonchev–Trinajstić information content (AvgIpc) is 3.72. The van der Waals surface area contributed by atoms with E-state index in [4.69, 9.17) is 26.8 Å². The van der Waals surface area contributed by atoms with E-state index in [0.29, 0.717) is 35.2 Å². The molecule has 3 aliphatic rings. The molecule has 0 radical (unpaired) electrons. The van der Waals surface area contributed by atoms with E-state index in [-0.39, 0.29) is 54.7 Å². The molecule has 3 aliphatic heterocycles. The third-order valence-corrected chi connectivity index (χ3v) is 11.4. The van der Waals surface area contributed by atoms with Crippen LogP contribution in [0.3, 0.4) is 0 Å². The fourth-order valence-electron chi connectivity index (χ4n) is 8.97. The van der Waals surface area contributed by atoms with Crippen molar-refractivity contribution in [3.05, 3.63) is 94.6 Å². The summed E-state index contributed by atoms with van der Waals surface area (Å²) in [6.45, 7) is 7.59. The van der Waals surface area contributed by atoms with Crippen LogP contribution in [0, 0.1) is 23.7 Å². The number of hydrogen-bond acceptors (Lipinski definition) is 6. The number of primary amides is 1. The lowest BCUT2D eigenvalue weighted by Gasteiger charge is -2.45. The molecular formula is C41H48ClN5O5. The molecule has 3 N–H and O–H groups in total. The molecule has 0 aliphatic carbocycles. The molecule has 4 unspecified atom stereocenters. The number of carbonyl (C=O) groups is 3. The molecule has 1 aromatic heterocycles. The summed E-state index contributed by atoms with van der Waals surface area (Å²) >= 11 is 6.20. The van der Waals surface area contributed by atoms with E-state index in [1.54, 1.807) is 30.2 Å². The Morgan fingerprint density at radius 1 is 0.962 bits per heavy atom. The number of nitrogens with zero attached hydrogens (tertiary/aromatic N) is 3. The molecule has 3 fully saturated rings. The summed E-state index contributed by atoms with van der Waals surface area (Å²) in [6.07, 6.45) is 3.89. The quantitative estimate of drug-likeness (QED) is 0.214. The van der Waals surface area contributed by atoms with Gasteiger partial charge < -0.3 is 30.0 Å². The summed E-state index contributed by atoms with van der Waals surface area (Å²) in [4.78, 5) is 51.5. The number of methoxy groups -OCH3 is 1. The van der Waals surface area contributed by atoms with Crippen molar-refractivity contribution in [2.45, 2.75) is 51.8 Å². The van der Waals surface area contributed by atoms with Crippen LogP contribution in [0.15, 0.2) is 72.9 Å². The van der Waals surface area contributed by atoms with Crippen LogP contribution >= 0.6 is 11.6 Å². The number of likely N-dealkylation sites (tertiary alicyclic amines) is 3. The lowest BCUT2D eigenvalue weighted by atomic mass is 9.71. The number of hydrogen-bond donors (Lipinski definition) is 2. The predicted octanol–water partition coefficient (Wildman–Crippen LogP) is 5.77. The normalized spacial score (nSPS) is 23.5. The lowest BCUT2D eigenvalue weighted by molar-refractivity contribution is -0.138. The Morgan fingerprint density at radius 2 is 1.77 bits per heavy atom. The van der Waals surface area contributed by atoms with Gasteiger partial charge in [0.1, 0.15) is 0 Å². The van der Waals surface area contributed by atoms with Gasteiger partial charge in [0.25, 0.3) is 5.91 Å². The van der Waals surface area contributed by atoms with E-state index in [1.807, 2.05) is 49.2 Å². The monoisotopic (exact) mass is 725 g/mol. The fraction of sp³-hybridized carbons (Fsp3) is 0.439. The van der Waals surface area contributed by atoms with Gasteiger partial charge in [-0.1, -0.05) is 48.0 Å². The molecule has 3 amide bonds. The number of ether oxygens (including phenoxy) is 2. The fourth-order valence-corrected chi connectivity index (χ4v) is 9.14. The molecule has 0 spiro atoms. The lowest BCUT2D eigenvalue weighted by Crippen LogP contribution is -2.56. The van der Waals surface area contributed by atoms with Crippen LogP contribution in [0.5, 0.6) is 11.5 Å². The summed E-state index contributed by atoms with van der Waals surface area (Å²) in [5.41, 5.74) is 9.70. The average molecular weight is 726 g/mol. The number of amides is 3. The third-order valence-electron chi connectivity index (χ3n) is 11.2. The highest BCUT2D eigenvalue weighted by Crippen LogP contribution is 2.46. The van der Waals surface area contributed by atoms with Gasteiger partial charge in [0.2, 0.25) is 11.8 Å². The van der Waals surface area contributed by atoms with Crippen molar-refractivity contribution in [1.82, 2.24) is 19.7 Å². The highest BCUT2D eigenvalue weighted by atomic mass is 35.5. The Morgan fingerprint density at radius 3 is 2.52 bits per heavy atom. The highest BCUT2D eigenvalue weighted by molar-refractivity contribution is 6.31. The van der Waals surface area contributed by atoms with E-state index in [1.165, 1.54) is 5.56 Å². The number of aromatic amines is 1. The maximum Gasteiger partial charge on any atom is 0.254 e. The smallest absolute Gasteiger partial charge is 0.254 e. The molecule has 3 aromatic carbocycles. The molecule has 0 bridgehead atoms. The van der Waals surface area contributed by atoms with E-state index >= 15 is 0 Å². The van der Waals surface area contributed by atoms with Gasteiger partial charge in [-0.15, -0.1) is 0 Å². The first kappa shape index (κ1) is 35.8. The van der Waals surface area contributed by atoms with Crippen LogP contribution < -0.4 is 15.2 Å². The van der Waals surface area contributed by atoms with Crippen LogP contribution in [-0.2, 0) is 22.6 Å². The van der Waals surface area contributed by atoms with Crippen LogP contribution in [0.2, 0.25) is 5.02 Å². The second-order valence-electron chi connectivity index (χ2n) is 14.9. The zero-order valence-corrected chi connectivity index (χ0v) is 30.9. The Kier molecular flexibility index (Phi) is 10.5. The Balaban J connectivity index is 1.19. The van der Waals surface area contributed by atoms with Gasteiger partial charge in [0.15, 0.2) is 11.5 Å². The zero-order valence-electron chi connectivity index (χ0n) is 30.1. The molecular weight excluding hydrogens is 678 g/mol. The van der Waals surface area contributed by atoms with Crippen molar-refractivity contribution in [2.24, 2.45) is 29.4 Å². The Bertz CT molecular complexity index is 1930. The van der Waals surface area contributed by atoms with Crippen LogP contribution in [0.1, 0.15) is 48.2 Å². The number of carbonyl (C=O) groups excluding carboxylic acids is 3. The molecule has 0 saturated carbocycles. The summed E-state index contributed by atoms with van der Waals surface area (Å²) in [7, 11) is 1.57. The van der Waals surface area contributed by atoms with Crippen molar-refractivity contribution < 1.29 is 23.9 Å². The number of aromatic nitrogens is 1. The van der Waals surface area contributed by atoms with Gasteiger partial charge in [-0.05, 0) is 92.4 Å². The van der Waals surface area contributed by atoms with Crippen LogP contribution in [0.25, 0.3) is 10.9 Å². The number of rotatable bonds is 10. The molecule has 274 valence electrons. The maximum absolute atomic E-state index is 14.7. The zero-order chi connectivity index (χ0) is 36.5. The van der Waals surface area contributed by atoms with Crippen molar-refractivity contribution in [1.29, 1.82) is 0 Å².